The van der Waals surface area contributed by atoms with E-state index in [0.29, 0.717) is 11.8 Å². The van der Waals surface area contributed by atoms with Crippen molar-refractivity contribution in [2.45, 2.75) is 6.92 Å². The van der Waals surface area contributed by atoms with Gasteiger partial charge in [-0.3, -0.25) is 0 Å². The summed E-state index contributed by atoms with van der Waals surface area (Å²) in [6.45, 7) is 2.02. The van der Waals surface area contributed by atoms with E-state index >= 15 is 0 Å². The topological polar surface area (TPSA) is 72.0 Å². The highest BCUT2D eigenvalue weighted by Crippen LogP contribution is 2.23. The molecule has 0 bridgehead atoms. The zero-order chi connectivity index (χ0) is 16.9. The molecule has 0 aliphatic heterocycles. The summed E-state index contributed by atoms with van der Waals surface area (Å²) in [5, 5.41) is 14.3. The fourth-order valence-electron chi connectivity index (χ4n) is 2.12. The van der Waals surface area contributed by atoms with Crippen LogP contribution in [0.2, 0.25) is 0 Å². The van der Waals surface area contributed by atoms with E-state index in [2.05, 4.69) is 41.7 Å². The molecule has 0 amide bonds. The summed E-state index contributed by atoms with van der Waals surface area (Å²) in [5.74, 6) is 1.78. The van der Waals surface area contributed by atoms with Crippen LogP contribution < -0.4 is 15.4 Å². The monoisotopic (exact) mass is 385 g/mol. The number of anilines is 4. The molecule has 6 nitrogen and oxygen atoms in total. The average molecular weight is 386 g/mol. The van der Waals surface area contributed by atoms with E-state index in [0.717, 1.165) is 27.2 Å². The van der Waals surface area contributed by atoms with Gasteiger partial charge in [-0.05, 0) is 42.8 Å². The van der Waals surface area contributed by atoms with Gasteiger partial charge in [0.05, 0.1) is 13.3 Å². The van der Waals surface area contributed by atoms with Gasteiger partial charge in [-0.25, -0.2) is 0 Å². The number of hydrogen-bond acceptors (Lipinski definition) is 6. The summed E-state index contributed by atoms with van der Waals surface area (Å²) in [4.78, 5) is 4.42. The molecule has 1 aromatic heterocycles. The maximum atomic E-state index is 5.21. The molecule has 0 unspecified atom stereocenters. The third-order valence-electron chi connectivity index (χ3n) is 3.32. The molecule has 3 aromatic rings. The van der Waals surface area contributed by atoms with E-state index in [1.807, 2.05) is 49.4 Å². The maximum Gasteiger partial charge on any atom is 0.249 e. The lowest BCUT2D eigenvalue weighted by Crippen LogP contribution is -2.02. The average Bonchev–Trinajstić information content (AvgIpc) is 2.59. The smallest absolute Gasteiger partial charge is 0.249 e. The van der Waals surface area contributed by atoms with Crippen molar-refractivity contribution in [3.05, 3.63) is 58.7 Å². The summed E-state index contributed by atoms with van der Waals surface area (Å²) in [7, 11) is 1.63. The molecule has 2 aromatic carbocycles. The van der Waals surface area contributed by atoms with Gasteiger partial charge in [-0.2, -0.15) is 10.1 Å². The van der Waals surface area contributed by atoms with Crippen molar-refractivity contribution in [2.24, 2.45) is 0 Å². The van der Waals surface area contributed by atoms with Crippen LogP contribution in [0.15, 0.2) is 53.1 Å². The number of hydrogen-bond donors (Lipinski definition) is 2. The Hall–Kier alpha value is -2.67. The molecule has 7 heteroatoms. The first-order valence-corrected chi connectivity index (χ1v) is 8.07. The van der Waals surface area contributed by atoms with E-state index in [1.54, 1.807) is 13.3 Å². The van der Waals surface area contributed by atoms with Gasteiger partial charge in [0, 0.05) is 21.9 Å². The van der Waals surface area contributed by atoms with Crippen molar-refractivity contribution < 1.29 is 4.74 Å². The second kappa shape index (κ2) is 7.27. The zero-order valence-electron chi connectivity index (χ0n) is 13.2. The maximum absolute atomic E-state index is 5.21. The molecule has 24 heavy (non-hydrogen) atoms. The lowest BCUT2D eigenvalue weighted by atomic mass is 10.2. The van der Waals surface area contributed by atoms with Crippen molar-refractivity contribution >= 4 is 39.1 Å². The Balaban J connectivity index is 1.77. The van der Waals surface area contributed by atoms with Gasteiger partial charge in [-0.15, -0.1) is 5.10 Å². The number of nitrogens with one attached hydrogen (secondary N) is 2. The van der Waals surface area contributed by atoms with Crippen molar-refractivity contribution in [1.29, 1.82) is 0 Å². The first-order chi connectivity index (χ1) is 11.6. The van der Waals surface area contributed by atoms with Crippen LogP contribution in [0.1, 0.15) is 5.56 Å². The van der Waals surface area contributed by atoms with Gasteiger partial charge in [0.2, 0.25) is 5.95 Å². The number of benzene rings is 2. The fraction of sp³-hybridized carbons (Fsp3) is 0.118. The SMILES string of the molecule is COc1cccc(Nc2cnnc(Nc3ccc(Br)c(C)c3)n2)c1. The molecule has 3 rings (SSSR count). The van der Waals surface area contributed by atoms with Crippen LogP contribution in [0.3, 0.4) is 0 Å². The predicted molar refractivity (Wildman–Crippen MR) is 98.3 cm³/mol. The zero-order valence-corrected chi connectivity index (χ0v) is 14.8. The third-order valence-corrected chi connectivity index (χ3v) is 4.20. The molecule has 0 fully saturated rings. The van der Waals surface area contributed by atoms with Gasteiger partial charge >= 0.3 is 0 Å². The minimum absolute atomic E-state index is 0.421. The van der Waals surface area contributed by atoms with Crippen molar-refractivity contribution in [1.82, 2.24) is 15.2 Å². The number of ether oxygens (including phenoxy) is 1. The first-order valence-electron chi connectivity index (χ1n) is 7.28. The number of rotatable bonds is 5. The Kier molecular flexibility index (Phi) is 4.90. The molecule has 2 N–H and O–H groups in total. The summed E-state index contributed by atoms with van der Waals surface area (Å²) in [5.41, 5.74) is 2.88. The highest BCUT2D eigenvalue weighted by atomic mass is 79.9. The predicted octanol–water partition coefficient (Wildman–Crippen LogP) is 4.44. The Bertz CT molecular complexity index is 856. The molecule has 0 radical (unpaired) electrons. The lowest BCUT2D eigenvalue weighted by Gasteiger charge is -2.09. The molecule has 1 heterocycles. The summed E-state index contributed by atoms with van der Waals surface area (Å²) >= 11 is 3.48. The van der Waals surface area contributed by atoms with Gasteiger partial charge in [0.15, 0.2) is 5.82 Å². The molecule has 0 spiro atoms. The second-order valence-corrected chi connectivity index (χ2v) is 5.97. The Morgan fingerprint density at radius 2 is 1.88 bits per heavy atom. The van der Waals surface area contributed by atoms with Gasteiger partial charge in [0.25, 0.3) is 0 Å². The quantitative estimate of drug-likeness (QED) is 0.676. The highest BCUT2D eigenvalue weighted by molar-refractivity contribution is 9.10. The normalized spacial score (nSPS) is 10.3. The van der Waals surface area contributed by atoms with E-state index in [9.17, 15) is 0 Å². The van der Waals surface area contributed by atoms with Crippen LogP contribution in [-0.4, -0.2) is 22.3 Å². The summed E-state index contributed by atoms with van der Waals surface area (Å²) in [6, 6.07) is 13.5. The van der Waals surface area contributed by atoms with Crippen LogP contribution in [-0.2, 0) is 0 Å². The number of halogens is 1. The third kappa shape index (κ3) is 3.99. The molecule has 0 saturated heterocycles. The van der Waals surface area contributed by atoms with E-state index in [4.69, 9.17) is 4.74 Å². The minimum atomic E-state index is 0.421. The van der Waals surface area contributed by atoms with Gasteiger partial charge in [-0.1, -0.05) is 22.0 Å². The van der Waals surface area contributed by atoms with Crippen molar-refractivity contribution in [3.8, 4) is 5.75 Å². The van der Waals surface area contributed by atoms with E-state index in [1.165, 1.54) is 0 Å². The first kappa shape index (κ1) is 16.2. The molecular weight excluding hydrogens is 370 g/mol. The Morgan fingerprint density at radius 1 is 1.04 bits per heavy atom. The fourth-order valence-corrected chi connectivity index (χ4v) is 2.36. The van der Waals surface area contributed by atoms with Gasteiger partial charge < -0.3 is 15.4 Å². The molecule has 0 aliphatic carbocycles. The van der Waals surface area contributed by atoms with Crippen molar-refractivity contribution in [3.63, 3.8) is 0 Å². The van der Waals surface area contributed by atoms with Crippen LogP contribution in [0.5, 0.6) is 5.75 Å². The largest absolute Gasteiger partial charge is 0.497 e. The van der Waals surface area contributed by atoms with Crippen molar-refractivity contribution in [2.75, 3.05) is 17.7 Å². The standard InChI is InChI=1S/C17H16BrN5O/c1-11-8-13(6-7-15(11)18)21-17-22-16(10-19-23-17)20-12-4-3-5-14(9-12)24-2/h3-10H,1-2H3,(H2,20,21,22,23). The van der Waals surface area contributed by atoms with Crippen LogP contribution >= 0.6 is 15.9 Å². The lowest BCUT2D eigenvalue weighted by molar-refractivity contribution is 0.415. The summed E-state index contributed by atoms with van der Waals surface area (Å²) in [6.07, 6.45) is 1.57. The Labute approximate surface area is 148 Å². The van der Waals surface area contributed by atoms with E-state index in [-0.39, 0.29) is 0 Å². The van der Waals surface area contributed by atoms with Gasteiger partial charge in [0.1, 0.15) is 5.75 Å². The summed E-state index contributed by atoms with van der Waals surface area (Å²) < 4.78 is 6.27. The van der Waals surface area contributed by atoms with Crippen LogP contribution in [0.25, 0.3) is 0 Å². The number of aryl methyl sites for hydroxylation is 1. The van der Waals surface area contributed by atoms with Crippen LogP contribution in [0, 0.1) is 6.92 Å². The van der Waals surface area contributed by atoms with Crippen LogP contribution in [0.4, 0.5) is 23.1 Å². The number of nitrogens with zero attached hydrogens (tertiary/aromatic N) is 3. The Morgan fingerprint density at radius 3 is 2.67 bits per heavy atom. The number of methoxy groups -OCH3 is 1. The number of aromatic nitrogens is 3. The molecular formula is C17H16BrN5O. The minimum Gasteiger partial charge on any atom is -0.497 e. The molecule has 122 valence electrons. The molecule has 0 aliphatic rings. The van der Waals surface area contributed by atoms with E-state index < -0.39 is 0 Å². The second-order valence-electron chi connectivity index (χ2n) is 5.11. The molecule has 0 saturated carbocycles. The molecule has 0 atom stereocenters. The highest BCUT2D eigenvalue weighted by Gasteiger charge is 2.04.